The number of rotatable bonds is 5. The molecule has 2 rings (SSSR count). The number of carbonyl (C=O) groups excluding carboxylic acids is 1. The Balaban J connectivity index is 2.28. The number of benzene rings is 1. The molecule has 0 bridgehead atoms. The van der Waals surface area contributed by atoms with Crippen molar-refractivity contribution in [2.45, 2.75) is 31.7 Å². The Bertz CT molecular complexity index is 827. The highest BCUT2D eigenvalue weighted by atomic mass is 32.2. The van der Waals surface area contributed by atoms with Crippen molar-refractivity contribution < 1.29 is 18.3 Å². The molecule has 2 aromatic rings. The lowest BCUT2D eigenvalue weighted by atomic mass is 10.2. The van der Waals surface area contributed by atoms with Crippen LogP contribution >= 0.6 is 0 Å². The van der Waals surface area contributed by atoms with Crippen molar-refractivity contribution in [3.05, 3.63) is 36.2 Å². The molecule has 1 atom stereocenters. The first-order chi connectivity index (χ1) is 10.8. The first kappa shape index (κ1) is 17.0. The van der Waals surface area contributed by atoms with Crippen LogP contribution in [0.3, 0.4) is 0 Å². The van der Waals surface area contributed by atoms with Crippen molar-refractivity contribution >= 4 is 21.4 Å². The van der Waals surface area contributed by atoms with Crippen LogP contribution in [-0.4, -0.2) is 35.0 Å². The van der Waals surface area contributed by atoms with Gasteiger partial charge in [0.25, 0.3) is 0 Å². The lowest BCUT2D eigenvalue weighted by molar-refractivity contribution is -0.119. The number of sulfone groups is 1. The number of nitrogens with one attached hydrogen (secondary N) is 1. The monoisotopic (exact) mass is 337 g/mol. The minimum atomic E-state index is -3.42. The standard InChI is InChI=1S/C15H19N3O4S/c1-4-23(21,22)12-5-6-14(19)13(9-12)17-15(20)11(3)18-10(2)7-8-16-18/h5-9,11,19H,4H2,1-3H3,(H,17,20). The molecular weight excluding hydrogens is 318 g/mol. The summed E-state index contributed by atoms with van der Waals surface area (Å²) in [6.07, 6.45) is 1.59. The van der Waals surface area contributed by atoms with Gasteiger partial charge >= 0.3 is 0 Å². The normalized spacial score (nSPS) is 12.8. The Morgan fingerprint density at radius 1 is 1.39 bits per heavy atom. The van der Waals surface area contributed by atoms with Crippen LogP contribution in [0.25, 0.3) is 0 Å². The second kappa shape index (κ2) is 6.41. The van der Waals surface area contributed by atoms with Crippen LogP contribution in [0.5, 0.6) is 5.75 Å². The van der Waals surface area contributed by atoms with Crippen molar-refractivity contribution in [3.8, 4) is 5.75 Å². The first-order valence-electron chi connectivity index (χ1n) is 7.13. The lowest BCUT2D eigenvalue weighted by Crippen LogP contribution is -2.25. The van der Waals surface area contributed by atoms with Gasteiger partial charge in [-0.05, 0) is 38.1 Å². The predicted octanol–water partition coefficient (Wildman–Crippen LogP) is 1.89. The molecule has 0 radical (unpaired) electrons. The van der Waals surface area contributed by atoms with Crippen molar-refractivity contribution in [3.63, 3.8) is 0 Å². The summed E-state index contributed by atoms with van der Waals surface area (Å²) >= 11 is 0. The number of hydrogen-bond acceptors (Lipinski definition) is 5. The molecule has 1 unspecified atom stereocenters. The third kappa shape index (κ3) is 3.53. The number of amides is 1. The highest BCUT2D eigenvalue weighted by molar-refractivity contribution is 7.91. The van der Waals surface area contributed by atoms with Gasteiger partial charge in [-0.2, -0.15) is 5.10 Å². The van der Waals surface area contributed by atoms with Crippen molar-refractivity contribution in [2.24, 2.45) is 0 Å². The number of aromatic nitrogens is 2. The van der Waals surface area contributed by atoms with Gasteiger partial charge in [0.05, 0.1) is 16.3 Å². The molecule has 0 saturated carbocycles. The van der Waals surface area contributed by atoms with Crippen LogP contribution in [0.1, 0.15) is 25.6 Å². The molecule has 0 aliphatic heterocycles. The van der Waals surface area contributed by atoms with E-state index in [0.717, 1.165) is 5.69 Å². The topological polar surface area (TPSA) is 101 Å². The summed E-state index contributed by atoms with van der Waals surface area (Å²) in [6, 6.07) is 4.99. The Kier molecular flexibility index (Phi) is 4.74. The van der Waals surface area contributed by atoms with E-state index in [2.05, 4.69) is 10.4 Å². The van der Waals surface area contributed by atoms with E-state index in [0.29, 0.717) is 0 Å². The minimum Gasteiger partial charge on any atom is -0.506 e. The van der Waals surface area contributed by atoms with Crippen molar-refractivity contribution in [1.82, 2.24) is 9.78 Å². The predicted molar refractivity (Wildman–Crippen MR) is 86.1 cm³/mol. The summed E-state index contributed by atoms with van der Waals surface area (Å²) in [6.45, 7) is 5.02. The second-order valence-electron chi connectivity index (χ2n) is 5.16. The fourth-order valence-corrected chi connectivity index (χ4v) is 3.02. The van der Waals surface area contributed by atoms with Crippen LogP contribution in [0, 0.1) is 6.92 Å². The zero-order valence-corrected chi connectivity index (χ0v) is 14.0. The molecule has 1 heterocycles. The largest absolute Gasteiger partial charge is 0.506 e. The molecule has 1 amide bonds. The number of nitrogens with zero attached hydrogens (tertiary/aromatic N) is 2. The van der Waals surface area contributed by atoms with Gasteiger partial charge in [0.1, 0.15) is 11.8 Å². The fraction of sp³-hybridized carbons (Fsp3) is 0.333. The SMILES string of the molecule is CCS(=O)(=O)c1ccc(O)c(NC(=O)C(C)n2nccc2C)c1. The van der Waals surface area contributed by atoms with Gasteiger partial charge in [0.15, 0.2) is 9.84 Å². The van der Waals surface area contributed by atoms with Gasteiger partial charge in [-0.15, -0.1) is 0 Å². The Labute approximate surface area is 134 Å². The molecule has 0 spiro atoms. The number of phenols is 1. The van der Waals surface area contributed by atoms with E-state index in [9.17, 15) is 18.3 Å². The smallest absolute Gasteiger partial charge is 0.249 e. The van der Waals surface area contributed by atoms with Gasteiger partial charge < -0.3 is 10.4 Å². The molecule has 23 heavy (non-hydrogen) atoms. The Hall–Kier alpha value is -2.35. The van der Waals surface area contributed by atoms with E-state index < -0.39 is 21.8 Å². The summed E-state index contributed by atoms with van der Waals surface area (Å²) in [7, 11) is -3.42. The van der Waals surface area contributed by atoms with Gasteiger partial charge in [-0.3, -0.25) is 9.48 Å². The quantitative estimate of drug-likeness (QED) is 0.811. The lowest BCUT2D eigenvalue weighted by Gasteiger charge is -2.15. The summed E-state index contributed by atoms with van der Waals surface area (Å²) in [4.78, 5) is 12.4. The molecule has 0 saturated heterocycles. The summed E-state index contributed by atoms with van der Waals surface area (Å²) in [5.74, 6) is -0.662. The molecule has 8 heteroatoms. The number of phenolic OH excluding ortho intramolecular Hbond substituents is 1. The highest BCUT2D eigenvalue weighted by Gasteiger charge is 2.20. The highest BCUT2D eigenvalue weighted by Crippen LogP contribution is 2.27. The maximum absolute atomic E-state index is 12.3. The Morgan fingerprint density at radius 3 is 2.65 bits per heavy atom. The average molecular weight is 337 g/mol. The molecule has 0 aliphatic rings. The van der Waals surface area contributed by atoms with Crippen molar-refractivity contribution in [2.75, 3.05) is 11.1 Å². The van der Waals surface area contributed by atoms with E-state index in [-0.39, 0.29) is 22.1 Å². The molecule has 0 aliphatic carbocycles. The maximum atomic E-state index is 12.3. The van der Waals surface area contributed by atoms with E-state index in [1.54, 1.807) is 23.9 Å². The summed E-state index contributed by atoms with van der Waals surface area (Å²) in [5, 5.41) is 16.5. The van der Waals surface area contributed by atoms with Gasteiger partial charge in [-0.25, -0.2) is 8.42 Å². The number of hydrogen-bond donors (Lipinski definition) is 2. The number of anilines is 1. The van der Waals surface area contributed by atoms with Crippen LogP contribution in [0.4, 0.5) is 5.69 Å². The zero-order chi connectivity index (χ0) is 17.2. The maximum Gasteiger partial charge on any atom is 0.249 e. The minimum absolute atomic E-state index is 0.0519. The van der Waals surface area contributed by atoms with E-state index in [1.807, 2.05) is 6.92 Å². The second-order valence-corrected chi connectivity index (χ2v) is 7.44. The zero-order valence-electron chi connectivity index (χ0n) is 13.1. The van der Waals surface area contributed by atoms with Crippen LogP contribution in [-0.2, 0) is 14.6 Å². The van der Waals surface area contributed by atoms with Gasteiger partial charge in [-0.1, -0.05) is 6.92 Å². The summed E-state index contributed by atoms with van der Waals surface area (Å²) in [5.41, 5.74) is 0.875. The van der Waals surface area contributed by atoms with Crippen LogP contribution in [0.2, 0.25) is 0 Å². The number of carbonyl (C=O) groups is 1. The Morgan fingerprint density at radius 2 is 2.09 bits per heavy atom. The van der Waals surface area contributed by atoms with Gasteiger partial charge in [0.2, 0.25) is 5.91 Å². The molecule has 0 fully saturated rings. The fourth-order valence-electron chi connectivity index (χ4n) is 2.11. The molecule has 124 valence electrons. The molecule has 1 aromatic heterocycles. The third-order valence-corrected chi connectivity index (χ3v) is 5.31. The molecule has 2 N–H and O–H groups in total. The molecular formula is C15H19N3O4S. The number of aryl methyl sites for hydroxylation is 1. The molecule has 7 nitrogen and oxygen atoms in total. The van der Waals surface area contributed by atoms with E-state index in [1.165, 1.54) is 25.1 Å². The third-order valence-electron chi connectivity index (χ3n) is 3.58. The van der Waals surface area contributed by atoms with Gasteiger partial charge in [0, 0.05) is 11.9 Å². The van der Waals surface area contributed by atoms with Crippen LogP contribution in [0.15, 0.2) is 35.4 Å². The van der Waals surface area contributed by atoms with Crippen LogP contribution < -0.4 is 5.32 Å². The summed E-state index contributed by atoms with van der Waals surface area (Å²) < 4.78 is 25.4. The average Bonchev–Trinajstić information content (AvgIpc) is 2.94. The molecule has 1 aromatic carbocycles. The van der Waals surface area contributed by atoms with Crippen molar-refractivity contribution in [1.29, 1.82) is 0 Å². The number of aromatic hydroxyl groups is 1. The first-order valence-corrected chi connectivity index (χ1v) is 8.78. The van der Waals surface area contributed by atoms with E-state index in [4.69, 9.17) is 0 Å². The van der Waals surface area contributed by atoms with E-state index >= 15 is 0 Å².